The number of benzene rings is 11. The van der Waals surface area contributed by atoms with Gasteiger partial charge in [0.15, 0.2) is 0 Å². The minimum atomic E-state index is 1.08. The van der Waals surface area contributed by atoms with Gasteiger partial charge in [-0.25, -0.2) is 0 Å². The van der Waals surface area contributed by atoms with Crippen LogP contribution in [0.3, 0.4) is 0 Å². The van der Waals surface area contributed by atoms with Crippen LogP contribution in [0.25, 0.3) is 103 Å². The summed E-state index contributed by atoms with van der Waals surface area (Å²) < 4.78 is 5.02. The molecule has 0 unspecified atom stereocenters. The van der Waals surface area contributed by atoms with Gasteiger partial charge in [-0.1, -0.05) is 194 Å². The number of anilines is 3. The summed E-state index contributed by atoms with van der Waals surface area (Å²) in [6, 6.07) is 93.1. The second-order valence-corrected chi connectivity index (χ2v) is 18.3. The van der Waals surface area contributed by atoms with Crippen LogP contribution >= 0.6 is 11.3 Å². The van der Waals surface area contributed by atoms with Crippen LogP contribution in [0.1, 0.15) is 0 Å². The van der Waals surface area contributed by atoms with Crippen molar-refractivity contribution in [2.45, 2.75) is 0 Å². The molecular weight excluding hydrogens is 829 g/mol. The first-order valence-corrected chi connectivity index (χ1v) is 23.7. The maximum absolute atomic E-state index is 2.43. The Morgan fingerprint density at radius 3 is 1.61 bits per heavy atom. The molecule has 0 atom stereocenters. The van der Waals surface area contributed by atoms with Gasteiger partial charge in [-0.2, -0.15) is 0 Å². The molecule has 3 heteroatoms. The molecule has 0 aliphatic heterocycles. The zero-order valence-electron chi connectivity index (χ0n) is 36.6. The third-order valence-corrected chi connectivity index (χ3v) is 14.6. The summed E-state index contributed by atoms with van der Waals surface area (Å²) in [6.45, 7) is 0. The minimum absolute atomic E-state index is 1.08. The van der Waals surface area contributed by atoms with Crippen LogP contribution in [0.5, 0.6) is 0 Å². The molecule has 0 N–H and O–H groups in total. The van der Waals surface area contributed by atoms with Crippen LogP contribution in [0.2, 0.25) is 0 Å². The highest BCUT2D eigenvalue weighted by molar-refractivity contribution is 7.26. The second-order valence-electron chi connectivity index (χ2n) is 17.2. The van der Waals surface area contributed by atoms with E-state index in [4.69, 9.17) is 0 Å². The Morgan fingerprint density at radius 1 is 0.313 bits per heavy atom. The molecule has 11 aromatic carbocycles. The Bertz CT molecular complexity index is 3930. The van der Waals surface area contributed by atoms with Crippen molar-refractivity contribution in [3.63, 3.8) is 0 Å². The van der Waals surface area contributed by atoms with Crippen molar-refractivity contribution in [3.8, 4) is 50.2 Å². The molecule has 0 saturated carbocycles. The van der Waals surface area contributed by atoms with Gasteiger partial charge in [0.2, 0.25) is 0 Å². The Hall–Kier alpha value is -8.50. The lowest BCUT2D eigenvalue weighted by Crippen LogP contribution is -2.11. The topological polar surface area (TPSA) is 8.17 Å². The highest BCUT2D eigenvalue weighted by atomic mass is 32.1. The third-order valence-electron chi connectivity index (χ3n) is 13.4. The number of nitrogens with zero attached hydrogens (tertiary/aromatic N) is 2. The number of fused-ring (bicyclic) bond motifs is 7. The lowest BCUT2D eigenvalue weighted by atomic mass is 9.95. The van der Waals surface area contributed by atoms with E-state index in [0.29, 0.717) is 0 Å². The smallest absolute Gasteiger partial charge is 0.0541 e. The van der Waals surface area contributed by atoms with E-state index in [1.807, 2.05) is 11.3 Å². The first kappa shape index (κ1) is 38.9. The van der Waals surface area contributed by atoms with Gasteiger partial charge in [0, 0.05) is 59.0 Å². The van der Waals surface area contributed by atoms with Crippen molar-refractivity contribution in [2.24, 2.45) is 0 Å². The predicted molar refractivity (Wildman–Crippen MR) is 288 cm³/mol. The fourth-order valence-electron chi connectivity index (χ4n) is 10.3. The maximum Gasteiger partial charge on any atom is 0.0541 e. The average Bonchev–Trinajstić information content (AvgIpc) is 3.95. The number of aromatic nitrogens is 1. The molecule has 314 valence electrons. The van der Waals surface area contributed by atoms with E-state index in [1.165, 1.54) is 91.7 Å². The number of hydrogen-bond acceptors (Lipinski definition) is 2. The highest BCUT2D eigenvalue weighted by Crippen LogP contribution is 2.47. The van der Waals surface area contributed by atoms with Crippen molar-refractivity contribution in [2.75, 3.05) is 4.90 Å². The summed E-state index contributed by atoms with van der Waals surface area (Å²) in [7, 11) is 0. The molecule has 13 aromatic rings. The van der Waals surface area contributed by atoms with E-state index in [-0.39, 0.29) is 0 Å². The molecule has 0 amide bonds. The molecule has 2 aromatic heterocycles. The summed E-state index contributed by atoms with van der Waals surface area (Å²) in [5.74, 6) is 0. The molecule has 0 bridgehead atoms. The standard InChI is InChI=1S/C64H42N2S/c1-2-20-50-44(16-1)17-14-26-51(50)47-19-13-18-46(42-47)43-34-38-48(39-35-43)65(60-30-9-6-24-55(60)57-27-15-28-58-56-25-7-12-33-63(56)67-64(57)58)49-40-36-45(37-41-49)52-21-3-8-29-59(52)66-61-31-10-4-22-53(61)54-23-5-11-32-62(54)66/h1-42H. The van der Waals surface area contributed by atoms with Gasteiger partial charge in [0.1, 0.15) is 0 Å². The molecular formula is C64H42N2S. The molecule has 0 aliphatic carbocycles. The fourth-order valence-corrected chi connectivity index (χ4v) is 11.5. The lowest BCUT2D eigenvalue weighted by Gasteiger charge is -2.28. The first-order chi connectivity index (χ1) is 33.2. The molecule has 2 heterocycles. The molecule has 2 nitrogen and oxygen atoms in total. The zero-order chi connectivity index (χ0) is 44.3. The minimum Gasteiger partial charge on any atom is -0.310 e. The molecule has 0 fully saturated rings. The Kier molecular flexibility index (Phi) is 9.40. The van der Waals surface area contributed by atoms with Gasteiger partial charge in [0.05, 0.1) is 22.4 Å². The summed E-state index contributed by atoms with van der Waals surface area (Å²) in [4.78, 5) is 2.43. The summed E-state index contributed by atoms with van der Waals surface area (Å²) in [6.07, 6.45) is 0. The van der Waals surface area contributed by atoms with Gasteiger partial charge in [-0.05, 0) is 99.3 Å². The largest absolute Gasteiger partial charge is 0.310 e. The van der Waals surface area contributed by atoms with E-state index < -0.39 is 0 Å². The summed E-state index contributed by atoms with van der Waals surface area (Å²) >= 11 is 1.87. The van der Waals surface area contributed by atoms with Gasteiger partial charge >= 0.3 is 0 Å². The second kappa shape index (κ2) is 16.2. The first-order valence-electron chi connectivity index (χ1n) is 22.9. The molecule has 13 rings (SSSR count). The van der Waals surface area contributed by atoms with E-state index in [2.05, 4.69) is 264 Å². The molecule has 67 heavy (non-hydrogen) atoms. The molecule has 0 radical (unpaired) electrons. The van der Waals surface area contributed by atoms with Crippen LogP contribution in [-0.2, 0) is 0 Å². The third kappa shape index (κ3) is 6.63. The number of hydrogen-bond donors (Lipinski definition) is 0. The highest BCUT2D eigenvalue weighted by Gasteiger charge is 2.21. The fraction of sp³-hybridized carbons (Fsp3) is 0. The SMILES string of the molecule is c1cc(-c2ccc(N(c3ccc(-c4ccccc4-n4c5ccccc5c5ccccc54)cc3)c3ccccc3-c3cccc4c3sc3ccccc34)cc2)cc(-c2cccc3ccccc23)c1. The van der Waals surface area contributed by atoms with Crippen LogP contribution in [0.4, 0.5) is 17.1 Å². The van der Waals surface area contributed by atoms with E-state index in [9.17, 15) is 0 Å². The Balaban J connectivity index is 0.943. The van der Waals surface area contributed by atoms with E-state index in [0.717, 1.165) is 28.3 Å². The molecule has 0 spiro atoms. The van der Waals surface area contributed by atoms with Crippen LogP contribution in [0, 0.1) is 0 Å². The summed E-state index contributed by atoms with van der Waals surface area (Å²) in [5, 5.41) is 7.62. The molecule has 0 aliphatic rings. The average molecular weight is 871 g/mol. The molecule has 0 saturated heterocycles. The number of para-hydroxylation sites is 4. The van der Waals surface area contributed by atoms with Crippen molar-refractivity contribution >= 4 is 81.1 Å². The van der Waals surface area contributed by atoms with Gasteiger partial charge in [-0.15, -0.1) is 11.3 Å². The van der Waals surface area contributed by atoms with Crippen LogP contribution in [0.15, 0.2) is 255 Å². The van der Waals surface area contributed by atoms with Crippen molar-refractivity contribution in [3.05, 3.63) is 255 Å². The maximum atomic E-state index is 2.43. The van der Waals surface area contributed by atoms with E-state index in [1.54, 1.807) is 0 Å². The van der Waals surface area contributed by atoms with Crippen molar-refractivity contribution in [1.82, 2.24) is 4.57 Å². The Labute approximate surface area is 393 Å². The Morgan fingerprint density at radius 2 is 0.836 bits per heavy atom. The van der Waals surface area contributed by atoms with E-state index >= 15 is 0 Å². The normalized spacial score (nSPS) is 11.6. The van der Waals surface area contributed by atoms with Gasteiger partial charge in [0.25, 0.3) is 0 Å². The number of rotatable bonds is 8. The summed E-state index contributed by atoms with van der Waals surface area (Å²) in [5.41, 5.74) is 16.4. The monoisotopic (exact) mass is 870 g/mol. The van der Waals surface area contributed by atoms with Gasteiger partial charge in [-0.3, -0.25) is 0 Å². The van der Waals surface area contributed by atoms with Gasteiger partial charge < -0.3 is 9.47 Å². The van der Waals surface area contributed by atoms with Crippen molar-refractivity contribution < 1.29 is 0 Å². The van der Waals surface area contributed by atoms with Crippen LogP contribution in [-0.4, -0.2) is 4.57 Å². The quantitative estimate of drug-likeness (QED) is 0.148. The predicted octanol–water partition coefficient (Wildman–Crippen LogP) is 18.4. The number of thiophene rings is 1. The van der Waals surface area contributed by atoms with Crippen LogP contribution < -0.4 is 4.90 Å². The van der Waals surface area contributed by atoms with Crippen molar-refractivity contribution in [1.29, 1.82) is 0 Å². The lowest BCUT2D eigenvalue weighted by molar-refractivity contribution is 1.18. The zero-order valence-corrected chi connectivity index (χ0v) is 37.4.